The largest absolute Gasteiger partial charge is 0.454 e. The van der Waals surface area contributed by atoms with Crippen LogP contribution in [0, 0.1) is 0 Å². The van der Waals surface area contributed by atoms with Crippen LogP contribution in [-0.4, -0.2) is 55.7 Å². The van der Waals surface area contributed by atoms with Gasteiger partial charge in [-0.2, -0.15) is 0 Å². The monoisotopic (exact) mass is 302 g/mol. The standard InChI is InChI=1S/C12H22N2O3.2C2H6/c1-7(2)13-12-14(4)9-6-8(3)16-11(15-5)10(9)17-12;2*1-2/h7-11H,6H2,1-5H3;2*1-2H3/t8-,9+,10-,11-;;/m1../s1. The number of likely N-dealkylation sites (N-methyl/N-ethyl adjacent to an activating group) is 1. The molecule has 0 unspecified atom stereocenters. The molecule has 0 aromatic heterocycles. The number of amidine groups is 1. The van der Waals surface area contributed by atoms with Crippen LogP contribution in [0.1, 0.15) is 54.9 Å². The molecule has 0 N–H and O–H groups in total. The number of hydrogen-bond donors (Lipinski definition) is 0. The van der Waals surface area contributed by atoms with Crippen molar-refractivity contribution in [3.05, 3.63) is 0 Å². The minimum atomic E-state index is -0.300. The van der Waals surface area contributed by atoms with Gasteiger partial charge < -0.3 is 19.1 Å². The summed E-state index contributed by atoms with van der Waals surface area (Å²) in [4.78, 5) is 6.59. The fourth-order valence-electron chi connectivity index (χ4n) is 2.41. The third kappa shape index (κ3) is 5.15. The molecule has 0 radical (unpaired) electrons. The molecule has 0 amide bonds. The molecular formula is C16H34N2O3. The summed E-state index contributed by atoms with van der Waals surface area (Å²) in [6, 6.07) is 1.22. The third-order valence-electron chi connectivity index (χ3n) is 3.23. The van der Waals surface area contributed by atoms with Crippen molar-refractivity contribution in [2.24, 2.45) is 4.99 Å². The number of hydrogen-bond acceptors (Lipinski definition) is 4. The summed E-state index contributed by atoms with van der Waals surface area (Å²) in [7, 11) is 3.68. The van der Waals surface area contributed by atoms with Crippen LogP contribution in [-0.2, 0) is 14.2 Å². The van der Waals surface area contributed by atoms with Gasteiger partial charge in [0.05, 0.1) is 12.1 Å². The van der Waals surface area contributed by atoms with Crippen LogP contribution in [0.25, 0.3) is 0 Å². The Hall–Kier alpha value is -0.810. The number of fused-ring (bicyclic) bond motifs is 1. The van der Waals surface area contributed by atoms with Crippen LogP contribution in [0.3, 0.4) is 0 Å². The third-order valence-corrected chi connectivity index (χ3v) is 3.23. The smallest absolute Gasteiger partial charge is 0.288 e. The highest BCUT2D eigenvalue weighted by Gasteiger charge is 2.48. The Morgan fingerprint density at radius 3 is 2.29 bits per heavy atom. The van der Waals surface area contributed by atoms with E-state index in [1.54, 1.807) is 7.11 Å². The maximum Gasteiger partial charge on any atom is 0.288 e. The Labute approximate surface area is 130 Å². The van der Waals surface area contributed by atoms with E-state index >= 15 is 0 Å². The zero-order valence-corrected chi connectivity index (χ0v) is 15.2. The van der Waals surface area contributed by atoms with Gasteiger partial charge in [0, 0.05) is 20.2 Å². The Morgan fingerprint density at radius 2 is 1.81 bits per heavy atom. The van der Waals surface area contributed by atoms with Crippen LogP contribution >= 0.6 is 0 Å². The predicted molar refractivity (Wildman–Crippen MR) is 87.7 cm³/mol. The molecule has 21 heavy (non-hydrogen) atoms. The lowest BCUT2D eigenvalue weighted by Gasteiger charge is -2.35. The highest BCUT2D eigenvalue weighted by Crippen LogP contribution is 2.31. The van der Waals surface area contributed by atoms with E-state index in [-0.39, 0.29) is 24.5 Å². The molecule has 2 aliphatic heterocycles. The van der Waals surface area contributed by atoms with Gasteiger partial charge >= 0.3 is 0 Å². The second-order valence-corrected chi connectivity index (χ2v) is 5.05. The Bertz CT molecular complexity index is 308. The van der Waals surface area contributed by atoms with Gasteiger partial charge in [0.15, 0.2) is 12.4 Å². The van der Waals surface area contributed by atoms with E-state index in [9.17, 15) is 0 Å². The molecule has 2 saturated heterocycles. The normalized spacial score (nSPS) is 32.7. The van der Waals surface area contributed by atoms with Gasteiger partial charge in [0.2, 0.25) is 0 Å². The summed E-state index contributed by atoms with van der Waals surface area (Å²) in [5.41, 5.74) is 0. The van der Waals surface area contributed by atoms with Gasteiger partial charge in [-0.25, -0.2) is 4.99 Å². The van der Waals surface area contributed by atoms with Crippen molar-refractivity contribution in [2.75, 3.05) is 14.2 Å². The summed E-state index contributed by atoms with van der Waals surface area (Å²) >= 11 is 0. The number of ether oxygens (including phenoxy) is 3. The Kier molecular flexibility index (Phi) is 9.62. The summed E-state index contributed by atoms with van der Waals surface area (Å²) in [5, 5.41) is 0. The van der Waals surface area contributed by atoms with Crippen molar-refractivity contribution in [3.63, 3.8) is 0 Å². The Morgan fingerprint density at radius 1 is 1.24 bits per heavy atom. The number of rotatable bonds is 2. The van der Waals surface area contributed by atoms with E-state index in [0.29, 0.717) is 12.1 Å². The molecule has 0 bridgehead atoms. The zero-order chi connectivity index (χ0) is 16.6. The molecule has 5 nitrogen and oxygen atoms in total. The summed E-state index contributed by atoms with van der Waals surface area (Å²) in [6.45, 7) is 14.1. The number of methoxy groups -OCH3 is 1. The molecular weight excluding hydrogens is 268 g/mol. The SMILES string of the molecule is CC.CC.CO[C@@H]1O[C@H](C)C[C@H]2[C@H]1OC(=NC(C)C)N2C. The van der Waals surface area contributed by atoms with E-state index < -0.39 is 0 Å². The van der Waals surface area contributed by atoms with Gasteiger partial charge in [-0.3, -0.25) is 0 Å². The number of aliphatic imine (C=N–C) groups is 1. The minimum Gasteiger partial charge on any atom is -0.454 e. The average molecular weight is 302 g/mol. The first-order valence-corrected chi connectivity index (χ1v) is 8.18. The fraction of sp³-hybridized carbons (Fsp3) is 0.938. The summed E-state index contributed by atoms with van der Waals surface area (Å²) in [6.07, 6.45) is 0.758. The highest BCUT2D eigenvalue weighted by molar-refractivity contribution is 5.76. The maximum atomic E-state index is 5.87. The van der Waals surface area contributed by atoms with Crippen molar-refractivity contribution < 1.29 is 14.2 Å². The molecule has 0 saturated carbocycles. The average Bonchev–Trinajstić information content (AvgIpc) is 2.79. The second-order valence-electron chi connectivity index (χ2n) is 5.05. The van der Waals surface area contributed by atoms with E-state index in [2.05, 4.69) is 16.8 Å². The molecule has 0 aromatic rings. The highest BCUT2D eigenvalue weighted by atomic mass is 16.7. The van der Waals surface area contributed by atoms with Crippen molar-refractivity contribution in [3.8, 4) is 0 Å². The van der Waals surface area contributed by atoms with Crippen molar-refractivity contribution in [1.29, 1.82) is 0 Å². The lowest BCUT2D eigenvalue weighted by Crippen LogP contribution is -2.49. The summed E-state index contributed by atoms with van der Waals surface area (Å²) < 4.78 is 16.9. The molecule has 4 atom stereocenters. The van der Waals surface area contributed by atoms with E-state index in [4.69, 9.17) is 14.2 Å². The van der Waals surface area contributed by atoms with Crippen LogP contribution < -0.4 is 0 Å². The van der Waals surface area contributed by atoms with Crippen molar-refractivity contribution in [2.45, 2.75) is 85.5 Å². The molecule has 2 rings (SSSR count). The number of nitrogens with zero attached hydrogens (tertiary/aromatic N) is 2. The molecule has 2 fully saturated rings. The van der Waals surface area contributed by atoms with Gasteiger partial charge in [-0.05, 0) is 27.2 Å². The van der Waals surface area contributed by atoms with Crippen molar-refractivity contribution in [1.82, 2.24) is 4.90 Å². The predicted octanol–water partition coefficient (Wildman–Crippen LogP) is 3.28. The first-order valence-electron chi connectivity index (χ1n) is 8.18. The van der Waals surface area contributed by atoms with Crippen LogP contribution in [0.2, 0.25) is 0 Å². The van der Waals surface area contributed by atoms with E-state index in [1.807, 2.05) is 48.6 Å². The van der Waals surface area contributed by atoms with E-state index in [1.165, 1.54) is 0 Å². The first-order chi connectivity index (χ1) is 10.0. The summed E-state index contributed by atoms with van der Waals surface area (Å²) in [5.74, 6) is 0. The molecule has 0 aromatic carbocycles. The van der Waals surface area contributed by atoms with Gasteiger partial charge in [-0.1, -0.05) is 27.7 Å². The van der Waals surface area contributed by atoms with Gasteiger partial charge in [0.25, 0.3) is 6.02 Å². The molecule has 0 spiro atoms. The van der Waals surface area contributed by atoms with Gasteiger partial charge in [-0.15, -0.1) is 0 Å². The fourth-order valence-corrected chi connectivity index (χ4v) is 2.41. The van der Waals surface area contributed by atoms with Crippen molar-refractivity contribution >= 4 is 6.02 Å². The van der Waals surface area contributed by atoms with Crippen LogP contribution in [0.15, 0.2) is 4.99 Å². The second kappa shape index (κ2) is 10.0. The lowest BCUT2D eigenvalue weighted by molar-refractivity contribution is -0.223. The van der Waals surface area contributed by atoms with E-state index in [0.717, 1.165) is 6.42 Å². The van der Waals surface area contributed by atoms with Crippen LogP contribution in [0.4, 0.5) is 0 Å². The Balaban J connectivity index is 0.000000921. The van der Waals surface area contributed by atoms with Gasteiger partial charge in [0.1, 0.15) is 0 Å². The molecule has 2 aliphatic rings. The molecule has 2 heterocycles. The minimum absolute atomic E-state index is 0.0706. The quantitative estimate of drug-likeness (QED) is 0.785. The zero-order valence-electron chi connectivity index (χ0n) is 15.2. The molecule has 0 aliphatic carbocycles. The first kappa shape index (κ1) is 20.2. The molecule has 5 heteroatoms. The van der Waals surface area contributed by atoms with Crippen LogP contribution in [0.5, 0.6) is 0 Å². The lowest BCUT2D eigenvalue weighted by atomic mass is 10.0. The maximum absolute atomic E-state index is 5.87. The molecule has 126 valence electrons. The topological polar surface area (TPSA) is 43.3 Å².